The first-order valence-electron chi connectivity index (χ1n) is 7.80. The van der Waals surface area contributed by atoms with E-state index in [9.17, 15) is 4.79 Å². The second-order valence-electron chi connectivity index (χ2n) is 6.21. The molecule has 0 bridgehead atoms. The molecule has 0 aliphatic carbocycles. The van der Waals surface area contributed by atoms with Crippen molar-refractivity contribution in [1.29, 1.82) is 0 Å². The minimum atomic E-state index is -0.244. The summed E-state index contributed by atoms with van der Waals surface area (Å²) < 4.78 is 6.41. The molecule has 1 aromatic carbocycles. The molecule has 1 saturated heterocycles. The first-order chi connectivity index (χ1) is 9.99. The Hall–Kier alpha value is -0.870. The van der Waals surface area contributed by atoms with E-state index in [1.54, 1.807) is 11.0 Å². The summed E-state index contributed by atoms with van der Waals surface area (Å²) in [7, 11) is 0. The zero-order valence-corrected chi connectivity index (χ0v) is 14.7. The number of nitrogens with one attached hydrogen (secondary N) is 1. The Balaban J connectivity index is 1.93. The molecule has 3 nitrogen and oxygen atoms in total. The molecule has 0 amide bonds. The van der Waals surface area contributed by atoms with Gasteiger partial charge < -0.3 is 9.64 Å². The van der Waals surface area contributed by atoms with Crippen molar-refractivity contribution >= 4 is 21.9 Å². The summed E-state index contributed by atoms with van der Waals surface area (Å²) in [6.45, 7) is 7.48. The quantitative estimate of drug-likeness (QED) is 0.842. The van der Waals surface area contributed by atoms with E-state index in [1.807, 2.05) is 25.1 Å². The van der Waals surface area contributed by atoms with Crippen molar-refractivity contribution in [2.45, 2.75) is 58.2 Å². The molecule has 0 aromatic heterocycles. The third-order valence-corrected chi connectivity index (χ3v) is 5.16. The number of piperidine rings is 1. The highest BCUT2D eigenvalue weighted by molar-refractivity contribution is 9.10. The van der Waals surface area contributed by atoms with Crippen LogP contribution in [0.2, 0.25) is 0 Å². The number of ether oxygens (including phenoxy) is 1. The fourth-order valence-electron chi connectivity index (χ4n) is 3.24. The SMILES string of the molecule is CC(C[NH+]1C(C)CCCC1C)OC(=O)c1ccccc1Br. The zero-order chi connectivity index (χ0) is 15.4. The van der Waals surface area contributed by atoms with Gasteiger partial charge in [-0.15, -0.1) is 0 Å². The van der Waals surface area contributed by atoms with E-state index in [0.29, 0.717) is 17.6 Å². The molecule has 116 valence electrons. The van der Waals surface area contributed by atoms with Gasteiger partial charge >= 0.3 is 5.97 Å². The third-order valence-electron chi connectivity index (χ3n) is 4.47. The second-order valence-corrected chi connectivity index (χ2v) is 7.06. The van der Waals surface area contributed by atoms with Crippen LogP contribution in [0, 0.1) is 0 Å². The molecular formula is C17H25BrNO2+. The third kappa shape index (κ3) is 4.30. The summed E-state index contributed by atoms with van der Waals surface area (Å²) in [5, 5.41) is 0. The summed E-state index contributed by atoms with van der Waals surface area (Å²) in [5.74, 6) is -0.244. The fraction of sp³-hybridized carbons (Fsp3) is 0.588. The van der Waals surface area contributed by atoms with E-state index in [-0.39, 0.29) is 12.1 Å². The molecule has 1 heterocycles. The van der Waals surface area contributed by atoms with Gasteiger partial charge in [0.15, 0.2) is 0 Å². The molecule has 1 aliphatic heterocycles. The van der Waals surface area contributed by atoms with Crippen molar-refractivity contribution < 1.29 is 14.4 Å². The van der Waals surface area contributed by atoms with Crippen molar-refractivity contribution in [1.82, 2.24) is 0 Å². The summed E-state index contributed by atoms with van der Waals surface area (Å²) >= 11 is 3.40. The van der Waals surface area contributed by atoms with E-state index in [4.69, 9.17) is 4.74 Å². The largest absolute Gasteiger partial charge is 0.453 e. The Bertz CT molecular complexity index is 481. The van der Waals surface area contributed by atoms with Crippen LogP contribution in [-0.2, 0) is 4.74 Å². The van der Waals surface area contributed by atoms with Crippen LogP contribution in [0.25, 0.3) is 0 Å². The highest BCUT2D eigenvalue weighted by Gasteiger charge is 2.30. The highest BCUT2D eigenvalue weighted by atomic mass is 79.9. The molecule has 1 aromatic rings. The van der Waals surface area contributed by atoms with Gasteiger partial charge in [-0.25, -0.2) is 4.79 Å². The maximum atomic E-state index is 12.2. The summed E-state index contributed by atoms with van der Waals surface area (Å²) in [6.07, 6.45) is 3.79. The number of hydrogen-bond donors (Lipinski definition) is 1. The normalized spacial score (nSPS) is 27.1. The van der Waals surface area contributed by atoms with Gasteiger partial charge in [0.1, 0.15) is 12.6 Å². The first-order valence-corrected chi connectivity index (χ1v) is 8.59. The molecule has 3 unspecified atom stereocenters. The topological polar surface area (TPSA) is 30.7 Å². The average molecular weight is 355 g/mol. The number of quaternary nitrogens is 1. The number of hydrogen-bond acceptors (Lipinski definition) is 2. The number of carbonyl (C=O) groups is 1. The molecule has 0 saturated carbocycles. The van der Waals surface area contributed by atoms with Gasteiger partial charge in [-0.2, -0.15) is 0 Å². The molecule has 0 spiro atoms. The van der Waals surface area contributed by atoms with Gasteiger partial charge in [0.25, 0.3) is 0 Å². The van der Waals surface area contributed by atoms with Crippen LogP contribution in [0.4, 0.5) is 0 Å². The molecule has 21 heavy (non-hydrogen) atoms. The number of halogens is 1. The van der Waals surface area contributed by atoms with Crippen LogP contribution < -0.4 is 4.90 Å². The predicted octanol–water partition coefficient (Wildman–Crippen LogP) is 2.84. The number of esters is 1. The van der Waals surface area contributed by atoms with Gasteiger partial charge in [-0.05, 0) is 68.1 Å². The smallest absolute Gasteiger partial charge is 0.339 e. The Morgan fingerprint density at radius 3 is 2.57 bits per heavy atom. The van der Waals surface area contributed by atoms with Crippen LogP contribution in [0.15, 0.2) is 28.7 Å². The summed E-state index contributed by atoms with van der Waals surface area (Å²) in [4.78, 5) is 13.8. The summed E-state index contributed by atoms with van der Waals surface area (Å²) in [5.41, 5.74) is 0.596. The lowest BCUT2D eigenvalue weighted by atomic mass is 9.97. The van der Waals surface area contributed by atoms with Crippen molar-refractivity contribution in [3.8, 4) is 0 Å². The lowest BCUT2D eigenvalue weighted by Gasteiger charge is -2.37. The molecule has 1 fully saturated rings. The maximum absolute atomic E-state index is 12.2. The van der Waals surface area contributed by atoms with Crippen LogP contribution in [-0.4, -0.2) is 30.7 Å². The first kappa shape index (κ1) is 16.5. The Morgan fingerprint density at radius 1 is 1.33 bits per heavy atom. The predicted molar refractivity (Wildman–Crippen MR) is 87.6 cm³/mol. The Labute approximate surface area is 135 Å². The lowest BCUT2D eigenvalue weighted by molar-refractivity contribution is -0.953. The standard InChI is InChI=1S/C17H24BrNO2/c1-12-7-6-8-13(2)19(12)11-14(3)21-17(20)15-9-4-5-10-16(15)18/h4-5,9-10,12-14H,6-8,11H2,1-3H3/p+1. The number of rotatable bonds is 4. The van der Waals surface area contributed by atoms with Gasteiger partial charge in [-0.1, -0.05) is 12.1 Å². The van der Waals surface area contributed by atoms with E-state index in [1.165, 1.54) is 19.3 Å². The monoisotopic (exact) mass is 354 g/mol. The van der Waals surface area contributed by atoms with Crippen LogP contribution in [0.3, 0.4) is 0 Å². The minimum Gasteiger partial charge on any atom is -0.453 e. The van der Waals surface area contributed by atoms with Gasteiger partial charge in [-0.3, -0.25) is 0 Å². The van der Waals surface area contributed by atoms with Crippen molar-refractivity contribution in [2.24, 2.45) is 0 Å². The minimum absolute atomic E-state index is 0.0670. The lowest BCUT2D eigenvalue weighted by Crippen LogP contribution is -3.20. The van der Waals surface area contributed by atoms with E-state index < -0.39 is 0 Å². The average Bonchev–Trinajstić information content (AvgIpc) is 2.43. The Kier molecular flexibility index (Phi) is 5.82. The molecular weight excluding hydrogens is 330 g/mol. The van der Waals surface area contributed by atoms with Crippen molar-refractivity contribution in [2.75, 3.05) is 6.54 Å². The molecule has 0 radical (unpaired) electrons. The van der Waals surface area contributed by atoms with Crippen molar-refractivity contribution in [3.05, 3.63) is 34.3 Å². The summed E-state index contributed by atoms with van der Waals surface area (Å²) in [6, 6.07) is 8.70. The number of likely N-dealkylation sites (tertiary alicyclic amines) is 1. The van der Waals surface area contributed by atoms with Crippen LogP contribution in [0.5, 0.6) is 0 Å². The van der Waals surface area contributed by atoms with E-state index in [0.717, 1.165) is 11.0 Å². The van der Waals surface area contributed by atoms with E-state index >= 15 is 0 Å². The Morgan fingerprint density at radius 2 is 1.95 bits per heavy atom. The fourth-order valence-corrected chi connectivity index (χ4v) is 3.68. The van der Waals surface area contributed by atoms with Gasteiger partial charge in [0.2, 0.25) is 0 Å². The zero-order valence-electron chi connectivity index (χ0n) is 13.1. The molecule has 4 heteroatoms. The number of benzene rings is 1. The molecule has 1 N–H and O–H groups in total. The molecule has 3 atom stereocenters. The van der Waals surface area contributed by atoms with Crippen LogP contribution >= 0.6 is 15.9 Å². The van der Waals surface area contributed by atoms with E-state index in [2.05, 4.69) is 29.8 Å². The van der Waals surface area contributed by atoms with Crippen LogP contribution in [0.1, 0.15) is 50.4 Å². The van der Waals surface area contributed by atoms with Gasteiger partial charge in [0, 0.05) is 4.47 Å². The molecule has 1 aliphatic rings. The van der Waals surface area contributed by atoms with Crippen molar-refractivity contribution in [3.63, 3.8) is 0 Å². The van der Waals surface area contributed by atoms with Gasteiger partial charge in [0.05, 0.1) is 17.6 Å². The molecule has 2 rings (SSSR count). The number of carbonyl (C=O) groups excluding carboxylic acids is 1. The highest BCUT2D eigenvalue weighted by Crippen LogP contribution is 2.17. The second kappa shape index (κ2) is 7.41. The maximum Gasteiger partial charge on any atom is 0.339 e.